The van der Waals surface area contributed by atoms with Gasteiger partial charge in [0.15, 0.2) is 0 Å². The predicted octanol–water partition coefficient (Wildman–Crippen LogP) is 5.80. The van der Waals surface area contributed by atoms with Crippen LogP contribution in [-0.4, -0.2) is 29.3 Å². The molecule has 0 aliphatic rings. The van der Waals surface area contributed by atoms with Crippen LogP contribution in [0.25, 0.3) is 10.8 Å². The van der Waals surface area contributed by atoms with Crippen LogP contribution in [-0.2, 0) is 22.6 Å². The van der Waals surface area contributed by atoms with Crippen molar-refractivity contribution in [1.29, 1.82) is 0 Å². The lowest BCUT2D eigenvalue weighted by Gasteiger charge is -2.31. The Morgan fingerprint density at radius 3 is 2.36 bits per heavy atom. The highest BCUT2D eigenvalue weighted by molar-refractivity contribution is 5.89. The second-order valence-electron chi connectivity index (χ2n) is 8.66. The molecule has 0 aromatic heterocycles. The standard InChI is InChI=1S/C29H36N2O2/c1-4-6-20-30-29(33)27(5-2)31(21-25-14-8-7-12-22(25)3)28(32)19-18-24-16-11-15-23-13-9-10-17-26(23)24/h7-17,27H,4-6,18-21H2,1-3H3,(H,30,33). The molecule has 0 saturated carbocycles. The van der Waals surface area contributed by atoms with E-state index in [1.807, 2.05) is 43.3 Å². The minimum absolute atomic E-state index is 0.0173. The Kier molecular flexibility index (Phi) is 9.05. The van der Waals surface area contributed by atoms with Gasteiger partial charge in [0.1, 0.15) is 6.04 Å². The highest BCUT2D eigenvalue weighted by atomic mass is 16.2. The number of carbonyl (C=O) groups is 2. The second kappa shape index (κ2) is 12.2. The van der Waals surface area contributed by atoms with Crippen molar-refractivity contribution < 1.29 is 9.59 Å². The van der Waals surface area contributed by atoms with Crippen LogP contribution in [0.5, 0.6) is 0 Å². The van der Waals surface area contributed by atoms with Crippen molar-refractivity contribution in [2.45, 2.75) is 65.5 Å². The lowest BCUT2D eigenvalue weighted by molar-refractivity contribution is -0.141. The van der Waals surface area contributed by atoms with Crippen molar-refractivity contribution in [2.24, 2.45) is 0 Å². The van der Waals surface area contributed by atoms with E-state index in [0.717, 1.165) is 29.5 Å². The van der Waals surface area contributed by atoms with Crippen molar-refractivity contribution in [3.05, 3.63) is 83.4 Å². The fourth-order valence-electron chi connectivity index (χ4n) is 4.29. The molecule has 1 N–H and O–H groups in total. The first-order chi connectivity index (χ1) is 16.0. The van der Waals surface area contributed by atoms with Gasteiger partial charge in [0.2, 0.25) is 11.8 Å². The first kappa shape index (κ1) is 24.5. The molecule has 4 heteroatoms. The highest BCUT2D eigenvalue weighted by Gasteiger charge is 2.28. The first-order valence-corrected chi connectivity index (χ1v) is 12.1. The molecule has 1 atom stereocenters. The smallest absolute Gasteiger partial charge is 0.242 e. The highest BCUT2D eigenvalue weighted by Crippen LogP contribution is 2.22. The van der Waals surface area contributed by atoms with Gasteiger partial charge in [-0.2, -0.15) is 0 Å². The molecule has 0 heterocycles. The molecule has 3 aromatic carbocycles. The summed E-state index contributed by atoms with van der Waals surface area (Å²) < 4.78 is 0. The van der Waals surface area contributed by atoms with Crippen LogP contribution in [0.1, 0.15) is 56.2 Å². The van der Waals surface area contributed by atoms with Crippen molar-refractivity contribution in [3.8, 4) is 0 Å². The van der Waals surface area contributed by atoms with Gasteiger partial charge in [-0.15, -0.1) is 0 Å². The van der Waals surface area contributed by atoms with E-state index >= 15 is 0 Å². The summed E-state index contributed by atoms with van der Waals surface area (Å²) in [5, 5.41) is 5.40. The fourth-order valence-corrected chi connectivity index (χ4v) is 4.29. The Balaban J connectivity index is 1.81. The largest absolute Gasteiger partial charge is 0.354 e. The van der Waals surface area contributed by atoms with Crippen molar-refractivity contribution in [3.63, 3.8) is 0 Å². The van der Waals surface area contributed by atoms with E-state index in [0.29, 0.717) is 32.4 Å². The molecule has 4 nitrogen and oxygen atoms in total. The summed E-state index contributed by atoms with van der Waals surface area (Å²) in [6.45, 7) is 7.23. The normalized spacial score (nSPS) is 11.8. The van der Waals surface area contributed by atoms with Gasteiger partial charge < -0.3 is 10.2 Å². The summed E-state index contributed by atoms with van der Waals surface area (Å²) in [7, 11) is 0. The summed E-state index contributed by atoms with van der Waals surface area (Å²) in [5.41, 5.74) is 3.37. The van der Waals surface area contributed by atoms with E-state index in [1.165, 1.54) is 10.8 Å². The van der Waals surface area contributed by atoms with Crippen LogP contribution in [0.15, 0.2) is 66.7 Å². The number of rotatable bonds is 11. The number of carbonyl (C=O) groups excluding carboxylic acids is 2. The topological polar surface area (TPSA) is 49.4 Å². The molecule has 0 saturated heterocycles. The fraction of sp³-hybridized carbons (Fsp3) is 0.379. The van der Waals surface area contributed by atoms with Gasteiger partial charge in [0, 0.05) is 19.5 Å². The summed E-state index contributed by atoms with van der Waals surface area (Å²) in [6, 6.07) is 22.1. The van der Waals surface area contributed by atoms with Crippen LogP contribution in [0, 0.1) is 6.92 Å². The molecule has 1 unspecified atom stereocenters. The quantitative estimate of drug-likeness (QED) is 0.380. The zero-order chi connectivity index (χ0) is 23.6. The summed E-state index contributed by atoms with van der Waals surface area (Å²) in [5.74, 6) is -0.0401. The van der Waals surface area contributed by atoms with Crippen LogP contribution in [0.2, 0.25) is 0 Å². The minimum Gasteiger partial charge on any atom is -0.354 e. The number of aryl methyl sites for hydroxylation is 2. The van der Waals surface area contributed by atoms with Crippen LogP contribution < -0.4 is 5.32 Å². The molecule has 174 valence electrons. The van der Waals surface area contributed by atoms with Crippen molar-refractivity contribution in [1.82, 2.24) is 10.2 Å². The van der Waals surface area contributed by atoms with Gasteiger partial charge >= 0.3 is 0 Å². The Morgan fingerprint density at radius 1 is 0.909 bits per heavy atom. The van der Waals surface area contributed by atoms with Gasteiger partial charge in [-0.1, -0.05) is 87.0 Å². The van der Waals surface area contributed by atoms with Crippen molar-refractivity contribution >= 4 is 22.6 Å². The van der Waals surface area contributed by atoms with Gasteiger partial charge in [-0.3, -0.25) is 9.59 Å². The third-order valence-electron chi connectivity index (χ3n) is 6.31. The number of fused-ring (bicyclic) bond motifs is 1. The monoisotopic (exact) mass is 444 g/mol. The minimum atomic E-state index is -0.471. The number of amides is 2. The third-order valence-corrected chi connectivity index (χ3v) is 6.31. The number of benzene rings is 3. The zero-order valence-electron chi connectivity index (χ0n) is 20.1. The van der Waals surface area contributed by atoms with E-state index in [-0.39, 0.29) is 11.8 Å². The number of unbranched alkanes of at least 4 members (excludes halogenated alkanes) is 1. The van der Waals surface area contributed by atoms with E-state index in [4.69, 9.17) is 0 Å². The molecule has 0 radical (unpaired) electrons. The van der Waals surface area contributed by atoms with Gasteiger partial charge in [-0.25, -0.2) is 0 Å². The second-order valence-corrected chi connectivity index (χ2v) is 8.66. The molecule has 0 fully saturated rings. The number of hydrogen-bond donors (Lipinski definition) is 1. The Bertz CT molecular complexity index is 1070. The van der Waals surface area contributed by atoms with Crippen LogP contribution in [0.3, 0.4) is 0 Å². The molecule has 0 spiro atoms. The Morgan fingerprint density at radius 2 is 1.61 bits per heavy atom. The van der Waals surface area contributed by atoms with Gasteiger partial charge in [0.05, 0.1) is 0 Å². The lowest BCUT2D eigenvalue weighted by Crippen LogP contribution is -2.49. The van der Waals surface area contributed by atoms with Gasteiger partial charge in [0.25, 0.3) is 0 Å². The SMILES string of the molecule is CCCCNC(=O)C(CC)N(Cc1ccccc1C)C(=O)CCc1cccc2ccccc12. The maximum Gasteiger partial charge on any atom is 0.242 e. The number of hydrogen-bond acceptors (Lipinski definition) is 2. The summed E-state index contributed by atoms with van der Waals surface area (Å²) in [6.07, 6.45) is 3.57. The van der Waals surface area contributed by atoms with E-state index in [2.05, 4.69) is 49.5 Å². The molecule has 0 aliphatic carbocycles. The van der Waals surface area contributed by atoms with Crippen LogP contribution >= 0.6 is 0 Å². The van der Waals surface area contributed by atoms with E-state index in [9.17, 15) is 9.59 Å². The Hall–Kier alpha value is -3.14. The molecule has 3 aromatic rings. The van der Waals surface area contributed by atoms with Crippen LogP contribution in [0.4, 0.5) is 0 Å². The first-order valence-electron chi connectivity index (χ1n) is 12.1. The number of nitrogens with zero attached hydrogens (tertiary/aromatic N) is 1. The summed E-state index contributed by atoms with van der Waals surface area (Å²) in [4.78, 5) is 28.3. The van der Waals surface area contributed by atoms with E-state index < -0.39 is 6.04 Å². The molecular formula is C29H36N2O2. The number of nitrogens with one attached hydrogen (secondary N) is 1. The molecule has 0 aliphatic heterocycles. The third kappa shape index (κ3) is 6.44. The average molecular weight is 445 g/mol. The lowest BCUT2D eigenvalue weighted by atomic mass is 10.00. The molecule has 0 bridgehead atoms. The Labute approximate surface area is 198 Å². The maximum absolute atomic E-state index is 13.5. The zero-order valence-corrected chi connectivity index (χ0v) is 20.1. The molecular weight excluding hydrogens is 408 g/mol. The average Bonchev–Trinajstić information content (AvgIpc) is 2.83. The molecule has 3 rings (SSSR count). The van der Waals surface area contributed by atoms with E-state index in [1.54, 1.807) is 4.90 Å². The molecule has 33 heavy (non-hydrogen) atoms. The van der Waals surface area contributed by atoms with Crippen molar-refractivity contribution in [2.75, 3.05) is 6.54 Å². The predicted molar refractivity (Wildman–Crippen MR) is 136 cm³/mol. The molecule has 2 amide bonds. The summed E-state index contributed by atoms with van der Waals surface area (Å²) >= 11 is 0. The maximum atomic E-state index is 13.5. The van der Waals surface area contributed by atoms with Gasteiger partial charge in [-0.05, 0) is 53.6 Å².